The zero-order chi connectivity index (χ0) is 12.7. The van der Waals surface area contributed by atoms with Crippen LogP contribution in [0.2, 0.25) is 0 Å². The van der Waals surface area contributed by atoms with Crippen LogP contribution in [0.4, 0.5) is 0 Å². The van der Waals surface area contributed by atoms with Crippen molar-refractivity contribution >= 4 is 33.6 Å². The number of nitrogens with one attached hydrogen (secondary N) is 1. The van der Waals surface area contributed by atoms with Crippen LogP contribution in [-0.4, -0.2) is 32.4 Å². The van der Waals surface area contributed by atoms with Gasteiger partial charge in [-0.2, -0.15) is 0 Å². The predicted molar refractivity (Wildman–Crippen MR) is 73.3 cm³/mol. The number of aromatic nitrogens is 3. The number of rotatable bonds is 2. The van der Waals surface area contributed by atoms with Gasteiger partial charge in [-0.15, -0.1) is 0 Å². The van der Waals surface area contributed by atoms with Crippen LogP contribution in [0.5, 0.6) is 0 Å². The first kappa shape index (κ1) is 12.1. The number of hydrogen-bond acceptors (Lipinski definition) is 4. The third kappa shape index (κ3) is 1.86. The Morgan fingerprint density at radius 2 is 2.44 bits per heavy atom. The second-order valence-electron chi connectivity index (χ2n) is 4.29. The molecule has 18 heavy (non-hydrogen) atoms. The first-order chi connectivity index (χ1) is 8.70. The van der Waals surface area contributed by atoms with Crippen molar-refractivity contribution < 1.29 is 9.84 Å². The molecule has 2 aromatic heterocycles. The summed E-state index contributed by atoms with van der Waals surface area (Å²) in [5.74, 6) is 0. The van der Waals surface area contributed by atoms with E-state index in [1.165, 1.54) is 6.33 Å². The maximum absolute atomic E-state index is 11.8. The molecular weight excluding hydrogens is 349 g/mol. The molecule has 1 fully saturated rings. The molecule has 2 atom stereocenters. The Balaban J connectivity index is 2.08. The van der Waals surface area contributed by atoms with Crippen molar-refractivity contribution in [3.63, 3.8) is 0 Å². The molecule has 96 valence electrons. The molecule has 0 radical (unpaired) electrons. The van der Waals surface area contributed by atoms with E-state index < -0.39 is 0 Å². The third-order valence-electron chi connectivity index (χ3n) is 3.17. The summed E-state index contributed by atoms with van der Waals surface area (Å²) in [7, 11) is 0. The number of aliphatic hydroxyl groups excluding tert-OH is 1. The van der Waals surface area contributed by atoms with Gasteiger partial charge >= 0.3 is 0 Å². The number of H-pyrrole nitrogens is 1. The zero-order valence-corrected chi connectivity index (χ0v) is 11.6. The van der Waals surface area contributed by atoms with E-state index in [0.717, 1.165) is 16.4 Å². The Hall–Kier alpha value is -0.930. The second-order valence-corrected chi connectivity index (χ2v) is 5.45. The van der Waals surface area contributed by atoms with E-state index in [0.29, 0.717) is 11.0 Å². The van der Waals surface area contributed by atoms with E-state index in [-0.39, 0.29) is 24.5 Å². The molecule has 6 nitrogen and oxygen atoms in total. The van der Waals surface area contributed by atoms with Crippen molar-refractivity contribution in [1.29, 1.82) is 0 Å². The highest BCUT2D eigenvalue weighted by Crippen LogP contribution is 2.31. The van der Waals surface area contributed by atoms with Crippen molar-refractivity contribution in [1.82, 2.24) is 14.5 Å². The predicted octanol–water partition coefficient (Wildman–Crippen LogP) is 0.999. The lowest BCUT2D eigenvalue weighted by atomic mass is 10.2. The standard InChI is InChI=1S/C11H12IN3O3/c12-7-3-15(8-2-1-6(4-16)18-8)10-9(7)11(17)14-5-13-10/h3,5-6,8,16H,1-2,4H2,(H,13,14,17)/t6-,8+/m0/s1. The summed E-state index contributed by atoms with van der Waals surface area (Å²) in [6, 6.07) is 0. The maximum Gasteiger partial charge on any atom is 0.261 e. The molecule has 3 rings (SSSR count). The third-order valence-corrected chi connectivity index (χ3v) is 3.99. The smallest absolute Gasteiger partial charge is 0.261 e. The van der Waals surface area contributed by atoms with E-state index in [2.05, 4.69) is 32.6 Å². The molecule has 0 spiro atoms. The number of nitrogens with zero attached hydrogens (tertiary/aromatic N) is 2. The number of aliphatic hydroxyl groups is 1. The average molecular weight is 361 g/mol. The van der Waals surface area contributed by atoms with Crippen molar-refractivity contribution in [3.05, 3.63) is 26.4 Å². The monoisotopic (exact) mass is 361 g/mol. The van der Waals surface area contributed by atoms with Gasteiger partial charge in [-0.25, -0.2) is 4.98 Å². The molecule has 1 aliphatic rings. The molecule has 2 N–H and O–H groups in total. The summed E-state index contributed by atoms with van der Waals surface area (Å²) in [4.78, 5) is 18.5. The number of hydrogen-bond donors (Lipinski definition) is 2. The summed E-state index contributed by atoms with van der Waals surface area (Å²) in [6.07, 6.45) is 4.64. The summed E-state index contributed by atoms with van der Waals surface area (Å²) >= 11 is 2.12. The molecule has 0 aromatic carbocycles. The molecule has 7 heteroatoms. The minimum Gasteiger partial charge on any atom is -0.394 e. The van der Waals surface area contributed by atoms with E-state index in [1.807, 2.05) is 10.8 Å². The van der Waals surface area contributed by atoms with Crippen LogP contribution in [0.3, 0.4) is 0 Å². The quantitative estimate of drug-likeness (QED) is 0.783. The fourth-order valence-corrected chi connectivity index (χ4v) is 3.08. The summed E-state index contributed by atoms with van der Waals surface area (Å²) in [5.41, 5.74) is 0.492. The van der Waals surface area contributed by atoms with Crippen molar-refractivity contribution in [2.75, 3.05) is 6.61 Å². The van der Waals surface area contributed by atoms with E-state index >= 15 is 0 Å². The van der Waals surface area contributed by atoms with Crippen molar-refractivity contribution in [2.24, 2.45) is 0 Å². The van der Waals surface area contributed by atoms with Gasteiger partial charge < -0.3 is 19.4 Å². The van der Waals surface area contributed by atoms with E-state index in [9.17, 15) is 4.79 Å². The van der Waals surface area contributed by atoms with Crippen LogP contribution >= 0.6 is 22.6 Å². The average Bonchev–Trinajstić information content (AvgIpc) is 2.94. The lowest BCUT2D eigenvalue weighted by Crippen LogP contribution is -2.14. The second kappa shape index (κ2) is 4.63. The summed E-state index contributed by atoms with van der Waals surface area (Å²) in [5, 5.41) is 9.68. The molecule has 1 aliphatic heterocycles. The molecule has 0 aliphatic carbocycles. The molecule has 0 unspecified atom stereocenters. The highest BCUT2D eigenvalue weighted by molar-refractivity contribution is 14.1. The lowest BCUT2D eigenvalue weighted by molar-refractivity contribution is -0.0205. The van der Waals surface area contributed by atoms with Crippen LogP contribution in [0.1, 0.15) is 19.1 Å². The largest absolute Gasteiger partial charge is 0.394 e. The maximum atomic E-state index is 11.8. The van der Waals surface area contributed by atoms with Gasteiger partial charge in [-0.05, 0) is 35.4 Å². The fourth-order valence-electron chi connectivity index (χ4n) is 2.29. The minimum absolute atomic E-state index is 0.0286. The SMILES string of the molecule is O=c1[nH]cnc2c1c(I)cn2[C@H]1CC[C@@H](CO)O1. The molecule has 0 amide bonds. The Morgan fingerprint density at radius 3 is 3.17 bits per heavy atom. The van der Waals surface area contributed by atoms with Gasteiger partial charge in [0.05, 0.1) is 24.4 Å². The molecule has 1 saturated heterocycles. The van der Waals surface area contributed by atoms with E-state index in [1.54, 1.807) is 0 Å². The van der Waals surface area contributed by atoms with Crippen LogP contribution in [-0.2, 0) is 4.74 Å². The highest BCUT2D eigenvalue weighted by Gasteiger charge is 2.28. The van der Waals surface area contributed by atoms with Crippen LogP contribution in [0, 0.1) is 3.57 Å². The highest BCUT2D eigenvalue weighted by atomic mass is 127. The number of halogens is 1. The first-order valence-corrected chi connectivity index (χ1v) is 6.78. The first-order valence-electron chi connectivity index (χ1n) is 5.70. The zero-order valence-electron chi connectivity index (χ0n) is 9.47. The fraction of sp³-hybridized carbons (Fsp3) is 0.455. The normalized spacial score (nSPS) is 23.9. The van der Waals surface area contributed by atoms with Crippen LogP contribution < -0.4 is 5.56 Å². The summed E-state index contributed by atoms with van der Waals surface area (Å²) < 4.78 is 8.45. The topological polar surface area (TPSA) is 80.1 Å². The van der Waals surface area contributed by atoms with Crippen molar-refractivity contribution in [2.45, 2.75) is 25.2 Å². The Morgan fingerprint density at radius 1 is 1.61 bits per heavy atom. The molecule has 3 heterocycles. The van der Waals surface area contributed by atoms with Gasteiger partial charge in [0, 0.05) is 9.77 Å². The van der Waals surface area contributed by atoms with Gasteiger partial charge in [0.25, 0.3) is 5.56 Å². The van der Waals surface area contributed by atoms with Gasteiger partial charge in [-0.3, -0.25) is 4.79 Å². The molecule has 0 saturated carbocycles. The number of aromatic amines is 1. The van der Waals surface area contributed by atoms with Crippen molar-refractivity contribution in [3.8, 4) is 0 Å². The number of ether oxygens (including phenoxy) is 1. The minimum atomic E-state index is -0.150. The van der Waals surface area contributed by atoms with Gasteiger partial charge in [0.1, 0.15) is 11.9 Å². The molecule has 0 bridgehead atoms. The molecular formula is C11H12IN3O3. The van der Waals surface area contributed by atoms with Crippen LogP contribution in [0.15, 0.2) is 17.3 Å². The lowest BCUT2D eigenvalue weighted by Gasteiger charge is -2.14. The Kier molecular flexibility index (Phi) is 3.12. The number of fused-ring (bicyclic) bond motifs is 1. The van der Waals surface area contributed by atoms with Gasteiger partial charge in [-0.1, -0.05) is 0 Å². The van der Waals surface area contributed by atoms with Gasteiger partial charge in [0.15, 0.2) is 0 Å². The van der Waals surface area contributed by atoms with Gasteiger partial charge in [0.2, 0.25) is 0 Å². The summed E-state index contributed by atoms with van der Waals surface area (Å²) in [6.45, 7) is 0.0286. The van der Waals surface area contributed by atoms with E-state index in [4.69, 9.17) is 9.84 Å². The van der Waals surface area contributed by atoms with Crippen LogP contribution in [0.25, 0.3) is 11.0 Å². The Bertz CT molecular complexity index is 636. The molecule has 2 aromatic rings. The Labute approximate surface area is 116 Å².